The predicted molar refractivity (Wildman–Crippen MR) is 162 cm³/mol. The van der Waals surface area contributed by atoms with E-state index >= 15 is 0 Å². The summed E-state index contributed by atoms with van der Waals surface area (Å²) in [6, 6.07) is -0.312. The second-order valence-electron chi connectivity index (χ2n) is 11.7. The molecule has 0 saturated carbocycles. The summed E-state index contributed by atoms with van der Waals surface area (Å²) in [5.41, 5.74) is 0. The topological polar surface area (TPSA) is 266 Å². The molecule has 17 nitrogen and oxygen atoms in total. The summed E-state index contributed by atoms with van der Waals surface area (Å²) in [4.78, 5) is 24.7. The van der Waals surface area contributed by atoms with Gasteiger partial charge in [-0.05, 0) is 39.0 Å². The van der Waals surface area contributed by atoms with E-state index in [1.807, 2.05) is 13.0 Å². The second kappa shape index (κ2) is 22.0. The van der Waals surface area contributed by atoms with Gasteiger partial charge in [0.05, 0.1) is 25.4 Å². The van der Waals surface area contributed by atoms with Crippen LogP contribution in [0.25, 0.3) is 0 Å². The number of hydrogen-bond acceptors (Lipinski definition) is 15. The van der Waals surface area contributed by atoms with Crippen LogP contribution >= 0.6 is 0 Å². The van der Waals surface area contributed by atoms with Crippen molar-refractivity contribution in [2.45, 2.75) is 125 Å². The van der Waals surface area contributed by atoms with E-state index in [9.17, 15) is 50.4 Å². The molecule has 0 aromatic carbocycles. The molecule has 2 aliphatic rings. The van der Waals surface area contributed by atoms with Gasteiger partial charge in [-0.25, -0.2) is 0 Å². The minimum Gasteiger partial charge on any atom is -0.394 e. The molecule has 274 valence electrons. The van der Waals surface area contributed by atoms with Gasteiger partial charge in [-0.2, -0.15) is 0 Å². The highest BCUT2D eigenvalue weighted by molar-refractivity contribution is 5.76. The zero-order valence-electron chi connectivity index (χ0n) is 27.0. The number of carbonyl (C=O) groups excluding carboxylic acids is 2. The predicted octanol–water partition coefficient (Wildman–Crippen LogP) is -3.46. The van der Waals surface area contributed by atoms with Crippen molar-refractivity contribution < 1.29 is 74.1 Å². The quantitative estimate of drug-likeness (QED) is 0.0417. The largest absolute Gasteiger partial charge is 0.394 e. The molecule has 2 amide bonds. The number of hydrogen-bond donors (Lipinski definition) is 10. The van der Waals surface area contributed by atoms with Gasteiger partial charge < -0.3 is 75.2 Å². The molecule has 2 aliphatic heterocycles. The molecule has 0 aliphatic carbocycles. The summed E-state index contributed by atoms with van der Waals surface area (Å²) < 4.78 is 26.8. The molecule has 47 heavy (non-hydrogen) atoms. The number of aliphatic hydroxyl groups excluding tert-OH is 8. The van der Waals surface area contributed by atoms with Gasteiger partial charge in [0.2, 0.25) is 11.8 Å². The van der Waals surface area contributed by atoms with E-state index in [2.05, 4.69) is 10.6 Å². The third-order valence-electron chi connectivity index (χ3n) is 8.12. The first-order valence-corrected chi connectivity index (χ1v) is 16.0. The van der Waals surface area contributed by atoms with Crippen LogP contribution < -0.4 is 10.6 Å². The summed E-state index contributed by atoms with van der Waals surface area (Å²) in [5, 5.41) is 83.5. The van der Waals surface area contributed by atoms with Crippen LogP contribution in [0.15, 0.2) is 12.2 Å². The molecule has 0 aromatic heterocycles. The molecule has 12 atom stereocenters. The van der Waals surface area contributed by atoms with E-state index in [1.165, 1.54) is 0 Å². The van der Waals surface area contributed by atoms with Crippen molar-refractivity contribution in [3.05, 3.63) is 12.2 Å². The Morgan fingerprint density at radius 1 is 0.723 bits per heavy atom. The molecule has 2 fully saturated rings. The van der Waals surface area contributed by atoms with Crippen LogP contribution in [-0.2, 0) is 33.3 Å². The lowest BCUT2D eigenvalue weighted by Gasteiger charge is -2.39. The second-order valence-corrected chi connectivity index (χ2v) is 11.7. The summed E-state index contributed by atoms with van der Waals surface area (Å²) >= 11 is 0. The Bertz CT molecular complexity index is 926. The Kier molecular flexibility index (Phi) is 19.3. The maximum absolute atomic E-state index is 12.5. The summed E-state index contributed by atoms with van der Waals surface area (Å²) in [6.07, 6.45) is -7.28. The first-order chi connectivity index (χ1) is 22.4. The molecule has 10 N–H and O–H groups in total. The molecule has 2 heterocycles. The number of unbranched alkanes of at least 4 members (excludes halogenated alkanes) is 2. The zero-order chi connectivity index (χ0) is 34.9. The lowest BCUT2D eigenvalue weighted by atomic mass is 9.99. The van der Waals surface area contributed by atoms with Gasteiger partial charge in [0, 0.05) is 39.7 Å². The number of ether oxygens (including phenoxy) is 5. The fraction of sp³-hybridized carbons (Fsp3) is 0.867. The highest BCUT2D eigenvalue weighted by atomic mass is 16.7. The Morgan fingerprint density at radius 3 is 1.68 bits per heavy atom. The Labute approximate surface area is 274 Å². The van der Waals surface area contributed by atoms with E-state index in [0.29, 0.717) is 32.1 Å². The lowest BCUT2D eigenvalue weighted by molar-refractivity contribution is -0.301. The average Bonchev–Trinajstić information content (AvgIpc) is 3.06. The number of rotatable bonds is 21. The smallest absolute Gasteiger partial charge is 0.220 e. The van der Waals surface area contributed by atoms with E-state index < -0.39 is 74.6 Å². The Hall–Kier alpha value is -1.84. The highest BCUT2D eigenvalue weighted by Gasteiger charge is 2.45. The average molecular weight is 683 g/mol. The zero-order valence-corrected chi connectivity index (χ0v) is 27.0. The molecule has 0 radical (unpaired) electrons. The van der Waals surface area contributed by atoms with Gasteiger partial charge in [0.1, 0.15) is 48.8 Å². The molecule has 17 heteroatoms. The standard InChI is InChI=1S/C30H54N2O15/c1-17(43-2)18(32-22(36)11-5-8-14-45-30-28(42)26(40)24(38)20(16-34)47-30)9-3-6-12-31-21(35)10-4-7-13-44-29-27(41)25(39)23(37)19(15-33)46-29/h3,6,17-20,23-30,33-34,37-42H,4-5,7-16H2,1-2H3,(H,31,35)(H,32,36)/b6-3+/t17?,18-,19?,20?,23?,24?,25?,26?,27?,28?,29?,30?/m1/s1. The van der Waals surface area contributed by atoms with Gasteiger partial charge in [-0.3, -0.25) is 9.59 Å². The Balaban J connectivity index is 1.59. The number of aliphatic hydroxyl groups is 8. The van der Waals surface area contributed by atoms with Crippen molar-refractivity contribution in [3.63, 3.8) is 0 Å². The van der Waals surface area contributed by atoms with Crippen LogP contribution in [0.3, 0.4) is 0 Å². The van der Waals surface area contributed by atoms with Crippen LogP contribution in [0.4, 0.5) is 0 Å². The van der Waals surface area contributed by atoms with Crippen LogP contribution in [-0.4, -0.2) is 166 Å². The molecule has 2 rings (SSSR count). The molecule has 0 aromatic rings. The number of carbonyl (C=O) groups is 2. The molecular weight excluding hydrogens is 628 g/mol. The number of nitrogens with one attached hydrogen (secondary N) is 2. The van der Waals surface area contributed by atoms with Crippen molar-refractivity contribution in [3.8, 4) is 0 Å². The minimum atomic E-state index is -1.52. The van der Waals surface area contributed by atoms with E-state index in [4.69, 9.17) is 23.7 Å². The fourth-order valence-electron chi connectivity index (χ4n) is 4.98. The van der Waals surface area contributed by atoms with Crippen molar-refractivity contribution in [2.75, 3.05) is 40.1 Å². The van der Waals surface area contributed by atoms with Crippen LogP contribution in [0.2, 0.25) is 0 Å². The summed E-state index contributed by atoms with van der Waals surface area (Å²) in [6.45, 7) is 1.28. The summed E-state index contributed by atoms with van der Waals surface area (Å²) in [7, 11) is 1.54. The van der Waals surface area contributed by atoms with E-state index in [0.717, 1.165) is 0 Å². The number of methoxy groups -OCH3 is 1. The number of amides is 2. The first-order valence-electron chi connectivity index (χ1n) is 16.0. The van der Waals surface area contributed by atoms with Crippen molar-refractivity contribution in [2.24, 2.45) is 0 Å². The van der Waals surface area contributed by atoms with Crippen molar-refractivity contribution >= 4 is 11.8 Å². The van der Waals surface area contributed by atoms with Gasteiger partial charge in [0.15, 0.2) is 12.6 Å². The molecule has 2 saturated heterocycles. The molecule has 0 bridgehead atoms. The van der Waals surface area contributed by atoms with E-state index in [1.54, 1.807) is 13.2 Å². The van der Waals surface area contributed by atoms with Gasteiger partial charge >= 0.3 is 0 Å². The van der Waals surface area contributed by atoms with Gasteiger partial charge in [-0.15, -0.1) is 0 Å². The third-order valence-corrected chi connectivity index (χ3v) is 8.12. The van der Waals surface area contributed by atoms with Crippen LogP contribution in [0.1, 0.15) is 51.9 Å². The highest BCUT2D eigenvalue weighted by Crippen LogP contribution is 2.23. The van der Waals surface area contributed by atoms with Crippen LogP contribution in [0, 0.1) is 0 Å². The SMILES string of the molecule is COC(C)[C@@H](C/C=C/CNC(=O)CCCCOC1OC(CO)C(O)C(O)C1O)NC(=O)CCCCOC1OC(CO)C(O)C(O)C1O. The monoisotopic (exact) mass is 682 g/mol. The first kappa shape index (κ1) is 41.3. The third kappa shape index (κ3) is 13.5. The van der Waals surface area contributed by atoms with Crippen molar-refractivity contribution in [1.29, 1.82) is 0 Å². The molecule has 11 unspecified atom stereocenters. The minimum absolute atomic E-state index is 0.123. The van der Waals surface area contributed by atoms with Gasteiger partial charge in [0.25, 0.3) is 0 Å². The molecular formula is C30H54N2O15. The lowest BCUT2D eigenvalue weighted by Crippen LogP contribution is -2.59. The van der Waals surface area contributed by atoms with Crippen LogP contribution in [0.5, 0.6) is 0 Å². The maximum Gasteiger partial charge on any atom is 0.220 e. The molecule has 0 spiro atoms. The Morgan fingerprint density at radius 2 is 1.21 bits per heavy atom. The maximum atomic E-state index is 12.5. The van der Waals surface area contributed by atoms with E-state index in [-0.39, 0.29) is 56.6 Å². The van der Waals surface area contributed by atoms with Gasteiger partial charge in [-0.1, -0.05) is 12.2 Å². The normalized spacial score (nSPS) is 32.6. The summed E-state index contributed by atoms with van der Waals surface area (Å²) in [5.74, 6) is -0.364. The fourth-order valence-corrected chi connectivity index (χ4v) is 4.98. The van der Waals surface area contributed by atoms with Crippen molar-refractivity contribution in [1.82, 2.24) is 10.6 Å².